The number of nitrogens with one attached hydrogen (secondary N) is 1. The third-order valence-electron chi connectivity index (χ3n) is 3.38. The first-order valence-electron chi connectivity index (χ1n) is 7.75. The molecular weight excluding hydrogens is 341 g/mol. The summed E-state index contributed by atoms with van der Waals surface area (Å²) in [4.78, 5) is 23.8. The highest BCUT2D eigenvalue weighted by Gasteiger charge is 2.18. The third-order valence-corrected chi connectivity index (χ3v) is 3.38. The highest BCUT2D eigenvalue weighted by atomic mass is 19.1. The molecule has 1 N–H and O–H groups in total. The number of ether oxygens (including phenoxy) is 1. The summed E-state index contributed by atoms with van der Waals surface area (Å²) in [5.41, 5.74) is 0.899. The van der Waals surface area contributed by atoms with Crippen LogP contribution in [-0.2, 0) is 4.74 Å². The zero-order valence-electron chi connectivity index (χ0n) is 13.7. The number of benzene rings is 2. The van der Waals surface area contributed by atoms with Crippen LogP contribution in [0.4, 0.5) is 10.1 Å². The van der Waals surface area contributed by atoms with E-state index in [0.29, 0.717) is 11.3 Å². The van der Waals surface area contributed by atoms with Gasteiger partial charge in [-0.05, 0) is 43.3 Å². The molecular formula is C18H14FN3O4. The van der Waals surface area contributed by atoms with Crippen LogP contribution in [0.2, 0.25) is 0 Å². The van der Waals surface area contributed by atoms with E-state index in [0.717, 1.165) is 0 Å². The number of aromatic nitrogens is 2. The Morgan fingerprint density at radius 1 is 1.12 bits per heavy atom. The second kappa shape index (κ2) is 7.56. The molecule has 0 aliphatic heterocycles. The summed E-state index contributed by atoms with van der Waals surface area (Å²) in [6, 6.07) is 12.0. The highest BCUT2D eigenvalue weighted by Crippen LogP contribution is 2.21. The van der Waals surface area contributed by atoms with E-state index in [1.54, 1.807) is 13.0 Å². The fourth-order valence-electron chi connectivity index (χ4n) is 2.15. The van der Waals surface area contributed by atoms with E-state index >= 15 is 0 Å². The molecule has 0 radical (unpaired) electrons. The molecule has 132 valence electrons. The first-order valence-corrected chi connectivity index (χ1v) is 7.75. The zero-order chi connectivity index (χ0) is 18.5. The Morgan fingerprint density at radius 2 is 1.85 bits per heavy atom. The summed E-state index contributed by atoms with van der Waals surface area (Å²) in [7, 11) is 0. The molecule has 1 heterocycles. The average Bonchev–Trinajstić information content (AvgIpc) is 3.13. The Morgan fingerprint density at radius 3 is 2.54 bits per heavy atom. The third kappa shape index (κ3) is 3.75. The number of carbonyl (C=O) groups is 2. The Labute approximate surface area is 147 Å². The Bertz CT molecular complexity index is 938. The van der Waals surface area contributed by atoms with E-state index in [-0.39, 0.29) is 24.0 Å². The smallest absolute Gasteiger partial charge is 0.338 e. The first kappa shape index (κ1) is 17.3. The van der Waals surface area contributed by atoms with E-state index in [2.05, 4.69) is 15.5 Å². The van der Waals surface area contributed by atoms with Crippen LogP contribution in [0.5, 0.6) is 0 Å². The molecule has 7 nitrogen and oxygen atoms in total. The van der Waals surface area contributed by atoms with Gasteiger partial charge in [0.25, 0.3) is 5.89 Å². The van der Waals surface area contributed by atoms with Crippen molar-refractivity contribution in [2.24, 2.45) is 0 Å². The van der Waals surface area contributed by atoms with Gasteiger partial charge in [0.2, 0.25) is 0 Å². The van der Waals surface area contributed by atoms with Crippen LogP contribution in [0, 0.1) is 5.82 Å². The zero-order valence-corrected chi connectivity index (χ0v) is 13.7. The molecule has 0 aliphatic rings. The fraction of sp³-hybridized carbons (Fsp3) is 0.111. The number of esters is 1. The molecule has 0 fully saturated rings. The lowest BCUT2D eigenvalue weighted by Crippen LogP contribution is -2.12. The van der Waals surface area contributed by atoms with Gasteiger partial charge in [-0.25, -0.2) is 9.18 Å². The predicted molar refractivity (Wildman–Crippen MR) is 90.0 cm³/mol. The molecule has 0 aliphatic carbocycles. The number of rotatable bonds is 5. The highest BCUT2D eigenvalue weighted by molar-refractivity contribution is 6.01. The molecule has 0 unspecified atom stereocenters. The van der Waals surface area contributed by atoms with E-state index in [1.165, 1.54) is 42.5 Å². The van der Waals surface area contributed by atoms with Crippen molar-refractivity contribution in [3.05, 3.63) is 65.8 Å². The number of hydrogen-bond donors (Lipinski definition) is 1. The Balaban J connectivity index is 1.71. The second-order valence-corrected chi connectivity index (χ2v) is 5.14. The van der Waals surface area contributed by atoms with Gasteiger partial charge in [0.1, 0.15) is 5.82 Å². The lowest BCUT2D eigenvalue weighted by molar-refractivity contribution is 0.0526. The molecule has 0 saturated carbocycles. The lowest BCUT2D eigenvalue weighted by atomic mass is 10.2. The molecule has 0 bridgehead atoms. The van der Waals surface area contributed by atoms with Crippen LogP contribution in [0.25, 0.3) is 11.5 Å². The molecule has 3 rings (SSSR count). The van der Waals surface area contributed by atoms with Crippen molar-refractivity contribution >= 4 is 17.6 Å². The molecule has 1 aromatic heterocycles. The molecule has 26 heavy (non-hydrogen) atoms. The van der Waals surface area contributed by atoms with Gasteiger partial charge in [-0.3, -0.25) is 4.79 Å². The quantitative estimate of drug-likeness (QED) is 0.706. The molecule has 3 aromatic rings. The van der Waals surface area contributed by atoms with Crippen LogP contribution in [0.1, 0.15) is 28.0 Å². The molecule has 2 aromatic carbocycles. The van der Waals surface area contributed by atoms with Crippen LogP contribution >= 0.6 is 0 Å². The van der Waals surface area contributed by atoms with E-state index in [9.17, 15) is 14.0 Å². The minimum atomic E-state index is -0.649. The van der Waals surface area contributed by atoms with Crippen molar-refractivity contribution in [3.63, 3.8) is 0 Å². The lowest BCUT2D eigenvalue weighted by Gasteiger charge is -2.04. The molecule has 0 spiro atoms. The standard InChI is InChI=1S/C18H14FN3O4/c1-2-25-18(24)11-7-9-12(10-8-11)20-15(23)17-22-21-16(26-17)13-5-3-4-6-14(13)19/h3-10H,2H2,1H3,(H,20,23). The molecule has 0 saturated heterocycles. The topological polar surface area (TPSA) is 94.3 Å². The fourth-order valence-corrected chi connectivity index (χ4v) is 2.15. The maximum absolute atomic E-state index is 13.7. The van der Waals surface area contributed by atoms with Gasteiger partial charge in [-0.1, -0.05) is 12.1 Å². The largest absolute Gasteiger partial charge is 0.462 e. The van der Waals surface area contributed by atoms with Crippen molar-refractivity contribution in [2.75, 3.05) is 11.9 Å². The summed E-state index contributed by atoms with van der Waals surface area (Å²) < 4.78 is 23.8. The van der Waals surface area contributed by atoms with Gasteiger partial charge < -0.3 is 14.5 Å². The Kier molecular flexibility index (Phi) is 5.02. The van der Waals surface area contributed by atoms with Crippen molar-refractivity contribution in [2.45, 2.75) is 6.92 Å². The number of amides is 1. The van der Waals surface area contributed by atoms with Crippen molar-refractivity contribution in [3.8, 4) is 11.5 Å². The molecule has 8 heteroatoms. The van der Waals surface area contributed by atoms with Crippen molar-refractivity contribution < 1.29 is 23.1 Å². The minimum absolute atomic E-state index is 0.0918. The first-order chi connectivity index (χ1) is 12.6. The van der Waals surface area contributed by atoms with E-state index in [1.807, 2.05) is 0 Å². The summed E-state index contributed by atoms with van der Waals surface area (Å²) >= 11 is 0. The maximum Gasteiger partial charge on any atom is 0.338 e. The van der Waals surface area contributed by atoms with Gasteiger partial charge in [0.05, 0.1) is 17.7 Å². The van der Waals surface area contributed by atoms with Gasteiger partial charge in [0, 0.05) is 5.69 Å². The van der Waals surface area contributed by atoms with Crippen LogP contribution in [0.3, 0.4) is 0 Å². The SMILES string of the molecule is CCOC(=O)c1ccc(NC(=O)c2nnc(-c3ccccc3F)o2)cc1. The van der Waals surface area contributed by atoms with Gasteiger partial charge in [-0.15, -0.1) is 10.2 Å². The second-order valence-electron chi connectivity index (χ2n) is 5.14. The van der Waals surface area contributed by atoms with Gasteiger partial charge >= 0.3 is 17.8 Å². The average molecular weight is 355 g/mol. The van der Waals surface area contributed by atoms with Gasteiger partial charge in [0.15, 0.2) is 0 Å². The number of halogens is 1. The van der Waals surface area contributed by atoms with Crippen LogP contribution < -0.4 is 5.32 Å². The monoisotopic (exact) mass is 355 g/mol. The van der Waals surface area contributed by atoms with Crippen molar-refractivity contribution in [1.29, 1.82) is 0 Å². The van der Waals surface area contributed by atoms with E-state index < -0.39 is 17.7 Å². The van der Waals surface area contributed by atoms with Crippen LogP contribution in [-0.4, -0.2) is 28.7 Å². The summed E-state index contributed by atoms with van der Waals surface area (Å²) in [5, 5.41) is 9.87. The molecule has 0 atom stereocenters. The summed E-state index contributed by atoms with van der Waals surface area (Å²) in [6.07, 6.45) is 0. The summed E-state index contributed by atoms with van der Waals surface area (Å²) in [5.74, 6) is -2.03. The number of hydrogen-bond acceptors (Lipinski definition) is 6. The Hall–Kier alpha value is -3.55. The number of carbonyl (C=O) groups excluding carboxylic acids is 2. The number of nitrogens with zero attached hydrogens (tertiary/aromatic N) is 2. The van der Waals surface area contributed by atoms with Crippen LogP contribution in [0.15, 0.2) is 52.9 Å². The normalized spacial score (nSPS) is 10.4. The minimum Gasteiger partial charge on any atom is -0.462 e. The van der Waals surface area contributed by atoms with E-state index in [4.69, 9.17) is 9.15 Å². The molecule has 1 amide bonds. The summed E-state index contributed by atoms with van der Waals surface area (Å²) in [6.45, 7) is 1.99. The predicted octanol–water partition coefficient (Wildman–Crippen LogP) is 3.30. The van der Waals surface area contributed by atoms with Gasteiger partial charge in [-0.2, -0.15) is 0 Å². The maximum atomic E-state index is 13.7. The number of anilines is 1. The van der Waals surface area contributed by atoms with Crippen molar-refractivity contribution in [1.82, 2.24) is 10.2 Å².